The van der Waals surface area contributed by atoms with Crippen molar-refractivity contribution in [3.8, 4) is 28.7 Å². The smallest absolute Gasteiger partial charge is 0.155 e. The number of ether oxygens (including phenoxy) is 1. The lowest BCUT2D eigenvalue weighted by atomic mass is 9.66. The molecule has 1 aliphatic carbocycles. The van der Waals surface area contributed by atoms with E-state index in [-0.39, 0.29) is 11.3 Å². The van der Waals surface area contributed by atoms with Gasteiger partial charge in [0.25, 0.3) is 0 Å². The molecule has 2 atom stereocenters. The summed E-state index contributed by atoms with van der Waals surface area (Å²) in [5, 5.41) is 9.71. The molecule has 0 saturated carbocycles. The number of nitriles is 1. The highest BCUT2D eigenvalue weighted by molar-refractivity contribution is 8.01. The van der Waals surface area contributed by atoms with E-state index >= 15 is 0 Å². The Bertz CT molecular complexity index is 2370. The number of aliphatic imine (C=N–C) groups is 2. The van der Waals surface area contributed by atoms with Crippen molar-refractivity contribution in [1.29, 1.82) is 5.26 Å². The minimum Gasteiger partial charge on any atom is -0.457 e. The van der Waals surface area contributed by atoms with Crippen LogP contribution in [0.15, 0.2) is 154 Å². The van der Waals surface area contributed by atoms with Gasteiger partial charge in [-0.15, -0.1) is 11.8 Å². The molecule has 0 fully saturated rings. The normalized spacial score (nSPS) is 18.7. The summed E-state index contributed by atoms with van der Waals surface area (Å²) in [6.45, 7) is 0. The number of rotatable bonds is 2. The van der Waals surface area contributed by atoms with Gasteiger partial charge in [0.15, 0.2) is 5.84 Å². The maximum atomic E-state index is 9.69. The Labute approximate surface area is 276 Å². The fourth-order valence-electron chi connectivity index (χ4n) is 8.08. The molecule has 0 radical (unpaired) electrons. The summed E-state index contributed by atoms with van der Waals surface area (Å²) in [6, 6.07) is 50.8. The molecule has 1 spiro atoms. The van der Waals surface area contributed by atoms with E-state index in [1.165, 1.54) is 32.7 Å². The highest BCUT2D eigenvalue weighted by Crippen LogP contribution is 2.63. The molecule has 220 valence electrons. The average molecular weight is 620 g/mol. The van der Waals surface area contributed by atoms with Crippen LogP contribution in [0.1, 0.15) is 50.5 Å². The Kier molecular flexibility index (Phi) is 5.58. The topological polar surface area (TPSA) is 57.7 Å². The number of benzene rings is 6. The van der Waals surface area contributed by atoms with Crippen molar-refractivity contribution >= 4 is 23.3 Å². The first-order valence-corrected chi connectivity index (χ1v) is 16.7. The number of hydrogen-bond acceptors (Lipinski definition) is 5. The third-order valence-corrected chi connectivity index (χ3v) is 11.3. The predicted molar refractivity (Wildman–Crippen MR) is 187 cm³/mol. The minimum atomic E-state index is -0.543. The number of para-hydroxylation sites is 2. The molecule has 5 heteroatoms. The average Bonchev–Trinajstić information content (AvgIpc) is 3.66. The summed E-state index contributed by atoms with van der Waals surface area (Å²) in [5.41, 5.74) is 11.5. The minimum absolute atomic E-state index is 0.0137. The summed E-state index contributed by atoms with van der Waals surface area (Å²) in [4.78, 5) is 11.9. The summed E-state index contributed by atoms with van der Waals surface area (Å²) in [5.74, 6) is 2.42. The highest BCUT2D eigenvalue weighted by Gasteiger charge is 2.52. The van der Waals surface area contributed by atoms with Gasteiger partial charge < -0.3 is 4.74 Å². The molecule has 0 N–H and O–H groups in total. The molecule has 47 heavy (non-hydrogen) atoms. The van der Waals surface area contributed by atoms with E-state index in [0.717, 1.165) is 39.5 Å². The van der Waals surface area contributed by atoms with E-state index < -0.39 is 5.41 Å². The van der Waals surface area contributed by atoms with Crippen molar-refractivity contribution in [2.75, 3.05) is 0 Å². The van der Waals surface area contributed by atoms with Crippen LogP contribution in [-0.4, -0.2) is 16.8 Å². The molecule has 4 nitrogen and oxygen atoms in total. The first kappa shape index (κ1) is 26.5. The van der Waals surface area contributed by atoms with Crippen LogP contribution in [-0.2, 0) is 5.41 Å². The van der Waals surface area contributed by atoms with E-state index in [2.05, 4.69) is 109 Å². The van der Waals surface area contributed by atoms with Crippen molar-refractivity contribution in [1.82, 2.24) is 0 Å². The van der Waals surface area contributed by atoms with Gasteiger partial charge in [0, 0.05) is 27.1 Å². The third kappa shape index (κ3) is 3.59. The molecule has 3 aliphatic heterocycles. The van der Waals surface area contributed by atoms with Gasteiger partial charge in [0.05, 0.1) is 34.1 Å². The maximum Gasteiger partial charge on any atom is 0.155 e. The van der Waals surface area contributed by atoms with Gasteiger partial charge in [-0.2, -0.15) is 5.26 Å². The number of nitrogens with zero attached hydrogens (tertiary/aromatic N) is 3. The van der Waals surface area contributed by atoms with Gasteiger partial charge >= 0.3 is 0 Å². The first-order chi connectivity index (χ1) is 23.3. The van der Waals surface area contributed by atoms with Gasteiger partial charge in [0.2, 0.25) is 0 Å². The van der Waals surface area contributed by atoms with Crippen LogP contribution in [0.4, 0.5) is 0 Å². The zero-order valence-electron chi connectivity index (χ0n) is 25.1. The van der Waals surface area contributed by atoms with E-state index in [9.17, 15) is 5.26 Å². The molecule has 0 saturated heterocycles. The van der Waals surface area contributed by atoms with Gasteiger partial charge in [-0.3, -0.25) is 4.99 Å². The zero-order chi connectivity index (χ0) is 31.1. The van der Waals surface area contributed by atoms with Crippen molar-refractivity contribution in [3.05, 3.63) is 184 Å². The number of hydrogen-bond donors (Lipinski definition) is 0. The fraction of sp³-hybridized carbons (Fsp3) is 0.0714. The standard InChI is InChI=1S/C42H25N3OS/c43-24-25-11-9-12-26(23-25)41-44-38-28-14-2-8-22-36(28)47-40(38)39(45-41)29-15-10-19-33-37(29)27-13-1-3-16-30(27)42(33)31-17-4-6-20-34(31)46-35-21-7-5-18-32(35)42/h1-23,39-40H. The van der Waals surface area contributed by atoms with E-state index in [1.54, 1.807) is 0 Å². The Hall–Kier alpha value is -5.70. The fourth-order valence-corrected chi connectivity index (χ4v) is 9.44. The van der Waals surface area contributed by atoms with Crippen molar-refractivity contribution in [2.24, 2.45) is 9.98 Å². The molecular formula is C42H25N3OS. The summed E-state index contributed by atoms with van der Waals surface area (Å²) < 4.78 is 6.55. The molecule has 0 bridgehead atoms. The van der Waals surface area contributed by atoms with Gasteiger partial charge in [-0.05, 0) is 58.1 Å². The van der Waals surface area contributed by atoms with Gasteiger partial charge in [0.1, 0.15) is 11.5 Å². The monoisotopic (exact) mass is 619 g/mol. The molecule has 0 aromatic heterocycles. The van der Waals surface area contributed by atoms with E-state index in [0.29, 0.717) is 11.4 Å². The van der Waals surface area contributed by atoms with E-state index in [4.69, 9.17) is 14.7 Å². The zero-order valence-corrected chi connectivity index (χ0v) is 25.9. The van der Waals surface area contributed by atoms with E-state index in [1.807, 2.05) is 48.2 Å². The number of fused-ring (bicyclic) bond motifs is 12. The van der Waals surface area contributed by atoms with Gasteiger partial charge in [-0.25, -0.2) is 4.99 Å². The van der Waals surface area contributed by atoms with Crippen LogP contribution in [0, 0.1) is 11.3 Å². The third-order valence-electron chi connectivity index (χ3n) is 9.93. The Morgan fingerprint density at radius 1 is 0.660 bits per heavy atom. The lowest BCUT2D eigenvalue weighted by Crippen LogP contribution is -2.32. The lowest BCUT2D eigenvalue weighted by molar-refractivity contribution is 0.436. The van der Waals surface area contributed by atoms with Crippen LogP contribution in [0.25, 0.3) is 11.1 Å². The highest BCUT2D eigenvalue weighted by atomic mass is 32.2. The van der Waals surface area contributed by atoms with Crippen LogP contribution >= 0.6 is 11.8 Å². The molecule has 2 unspecified atom stereocenters. The van der Waals surface area contributed by atoms with Crippen molar-refractivity contribution < 1.29 is 4.74 Å². The molecule has 0 amide bonds. The SMILES string of the molecule is N#Cc1cccc(C2=NC(c3cccc4c3-c3ccccc3C43c4ccccc4Oc4ccccc43)C3Sc4ccccc4C3=N2)c1. The van der Waals surface area contributed by atoms with Crippen molar-refractivity contribution in [3.63, 3.8) is 0 Å². The molecule has 6 aromatic rings. The second-order valence-corrected chi connectivity index (χ2v) is 13.5. The molecule has 6 aromatic carbocycles. The second-order valence-electron chi connectivity index (χ2n) is 12.3. The Morgan fingerprint density at radius 3 is 2.11 bits per heavy atom. The molecule has 3 heterocycles. The molecular weight excluding hydrogens is 595 g/mol. The number of thioether (sulfide) groups is 1. The lowest BCUT2D eigenvalue weighted by Gasteiger charge is -2.39. The summed E-state index contributed by atoms with van der Waals surface area (Å²) in [7, 11) is 0. The molecule has 10 rings (SSSR count). The quantitative estimate of drug-likeness (QED) is 0.194. The first-order valence-electron chi connectivity index (χ1n) is 15.8. The summed E-state index contributed by atoms with van der Waals surface area (Å²) in [6.07, 6.45) is 0. The molecule has 4 aliphatic rings. The van der Waals surface area contributed by atoms with Crippen LogP contribution in [0.3, 0.4) is 0 Å². The summed E-state index contributed by atoms with van der Waals surface area (Å²) >= 11 is 1.85. The number of amidine groups is 1. The second kappa shape index (κ2) is 9.90. The Balaban J connectivity index is 1.26. The van der Waals surface area contributed by atoms with Crippen molar-refractivity contribution in [2.45, 2.75) is 21.6 Å². The van der Waals surface area contributed by atoms with Crippen LogP contribution in [0.5, 0.6) is 11.5 Å². The van der Waals surface area contributed by atoms with Crippen LogP contribution < -0.4 is 4.74 Å². The Morgan fingerprint density at radius 2 is 1.32 bits per heavy atom. The van der Waals surface area contributed by atoms with Crippen LogP contribution in [0.2, 0.25) is 0 Å². The largest absolute Gasteiger partial charge is 0.457 e. The predicted octanol–water partition coefficient (Wildman–Crippen LogP) is 9.49. The van der Waals surface area contributed by atoms with Gasteiger partial charge in [-0.1, -0.05) is 109 Å². The maximum absolute atomic E-state index is 9.69.